The summed E-state index contributed by atoms with van der Waals surface area (Å²) in [4.78, 5) is 0. The van der Waals surface area contributed by atoms with E-state index in [1.807, 2.05) is 25.1 Å². The Labute approximate surface area is 202 Å². The fourth-order valence-corrected chi connectivity index (χ4v) is 4.87. The minimum atomic E-state index is -0.693. The van der Waals surface area contributed by atoms with Crippen molar-refractivity contribution in [2.24, 2.45) is 11.8 Å². The third kappa shape index (κ3) is 7.50. The summed E-state index contributed by atoms with van der Waals surface area (Å²) in [7, 11) is 0. The van der Waals surface area contributed by atoms with Crippen molar-refractivity contribution in [2.45, 2.75) is 58.0 Å². The molecule has 1 aliphatic rings. The van der Waals surface area contributed by atoms with Crippen molar-refractivity contribution in [3.05, 3.63) is 64.2 Å². The van der Waals surface area contributed by atoms with Crippen molar-refractivity contribution in [3.63, 3.8) is 0 Å². The van der Waals surface area contributed by atoms with Crippen molar-refractivity contribution in [1.82, 2.24) is 10.6 Å². The zero-order valence-corrected chi connectivity index (χ0v) is 20.1. The molecule has 34 heavy (non-hydrogen) atoms. The molecule has 0 amide bonds. The molecular weight excluding hydrogens is 432 g/mol. The number of aliphatic hydroxyl groups excluding tert-OH is 4. The number of hydrogen-bond donors (Lipinski definition) is 7. The molecule has 4 atom stereocenters. The van der Waals surface area contributed by atoms with Gasteiger partial charge in [-0.2, -0.15) is 0 Å². The normalized spacial score (nSPS) is 20.3. The van der Waals surface area contributed by atoms with Crippen LogP contribution in [0.4, 0.5) is 0 Å². The Bertz CT molecular complexity index is 835. The predicted octanol–water partition coefficient (Wildman–Crippen LogP) is 2.44. The van der Waals surface area contributed by atoms with Crippen molar-refractivity contribution in [2.75, 3.05) is 26.2 Å². The molecule has 0 radical (unpaired) electrons. The van der Waals surface area contributed by atoms with Gasteiger partial charge in [0, 0.05) is 18.7 Å². The highest BCUT2D eigenvalue weighted by Crippen LogP contribution is 2.29. The van der Waals surface area contributed by atoms with Crippen molar-refractivity contribution < 1.29 is 25.5 Å². The van der Waals surface area contributed by atoms with Gasteiger partial charge in [0.05, 0.1) is 25.4 Å². The lowest BCUT2D eigenvalue weighted by Gasteiger charge is -2.30. The molecule has 0 aliphatic heterocycles. The summed E-state index contributed by atoms with van der Waals surface area (Å²) in [5.74, 6) is 1.15. The monoisotopic (exact) mass is 472 g/mol. The van der Waals surface area contributed by atoms with E-state index in [1.54, 1.807) is 12.1 Å². The number of hydrogen-bond acceptors (Lipinski definition) is 7. The quantitative estimate of drug-likeness (QED) is 0.253. The van der Waals surface area contributed by atoms with Crippen molar-refractivity contribution >= 4 is 0 Å². The lowest BCUT2D eigenvalue weighted by Crippen LogP contribution is -2.34. The van der Waals surface area contributed by atoms with Gasteiger partial charge < -0.3 is 36.2 Å². The number of aryl methyl sites for hydroxylation is 1. The van der Waals surface area contributed by atoms with Crippen LogP contribution in [0.25, 0.3) is 0 Å². The van der Waals surface area contributed by atoms with Crippen LogP contribution in [-0.2, 0) is 13.2 Å². The highest BCUT2D eigenvalue weighted by molar-refractivity contribution is 5.36. The lowest BCUT2D eigenvalue weighted by atomic mass is 9.81. The van der Waals surface area contributed by atoms with Gasteiger partial charge in [-0.05, 0) is 85.5 Å². The second kappa shape index (κ2) is 13.2. The van der Waals surface area contributed by atoms with Gasteiger partial charge in [-0.3, -0.25) is 0 Å². The molecular formula is C27H40N2O5. The molecule has 2 aromatic carbocycles. The second-order valence-corrected chi connectivity index (χ2v) is 9.64. The largest absolute Gasteiger partial charge is 0.508 e. The van der Waals surface area contributed by atoms with Crippen LogP contribution in [0.5, 0.6) is 5.75 Å². The number of benzene rings is 2. The van der Waals surface area contributed by atoms with Crippen LogP contribution in [0.15, 0.2) is 36.4 Å². The Hall–Kier alpha value is -2.00. The number of aliphatic hydroxyl groups is 4. The lowest BCUT2D eigenvalue weighted by molar-refractivity contribution is 0.162. The Morgan fingerprint density at radius 1 is 0.824 bits per heavy atom. The zero-order chi connectivity index (χ0) is 24.5. The van der Waals surface area contributed by atoms with Gasteiger partial charge in [-0.1, -0.05) is 30.7 Å². The first kappa shape index (κ1) is 26.6. The van der Waals surface area contributed by atoms with E-state index in [4.69, 9.17) is 0 Å². The molecule has 2 aromatic rings. The van der Waals surface area contributed by atoms with E-state index in [2.05, 4.69) is 10.6 Å². The highest BCUT2D eigenvalue weighted by Gasteiger charge is 2.22. The van der Waals surface area contributed by atoms with E-state index in [-0.39, 0.29) is 19.0 Å². The fraction of sp³-hybridized carbons (Fsp3) is 0.556. The van der Waals surface area contributed by atoms with Crippen molar-refractivity contribution in [3.8, 4) is 5.75 Å². The topological polar surface area (TPSA) is 125 Å². The minimum absolute atomic E-state index is 0.0208. The summed E-state index contributed by atoms with van der Waals surface area (Å²) in [5, 5.41) is 56.2. The maximum atomic E-state index is 10.5. The Kier molecular flexibility index (Phi) is 10.3. The van der Waals surface area contributed by atoms with Gasteiger partial charge >= 0.3 is 0 Å². The van der Waals surface area contributed by atoms with E-state index < -0.39 is 12.2 Å². The summed E-state index contributed by atoms with van der Waals surface area (Å²) in [5.41, 5.74) is 3.80. The van der Waals surface area contributed by atoms with Gasteiger partial charge in [-0.15, -0.1) is 0 Å². The number of rotatable bonds is 12. The maximum Gasteiger partial charge on any atom is 0.121 e. The summed E-state index contributed by atoms with van der Waals surface area (Å²) >= 11 is 0. The molecule has 4 unspecified atom stereocenters. The van der Waals surface area contributed by atoms with Crippen LogP contribution in [0.2, 0.25) is 0 Å². The van der Waals surface area contributed by atoms with Crippen LogP contribution >= 0.6 is 0 Å². The van der Waals surface area contributed by atoms with Crippen LogP contribution in [0.1, 0.15) is 65.7 Å². The smallest absolute Gasteiger partial charge is 0.121 e. The van der Waals surface area contributed by atoms with E-state index in [0.717, 1.165) is 36.2 Å². The maximum absolute atomic E-state index is 10.5. The van der Waals surface area contributed by atoms with Crippen LogP contribution in [0, 0.1) is 18.8 Å². The molecule has 7 nitrogen and oxygen atoms in total. The van der Waals surface area contributed by atoms with Crippen LogP contribution < -0.4 is 10.6 Å². The first-order valence-corrected chi connectivity index (χ1v) is 12.3. The number of phenols is 1. The summed E-state index contributed by atoms with van der Waals surface area (Å²) in [6, 6.07) is 10.6. The molecule has 0 bridgehead atoms. The van der Waals surface area contributed by atoms with E-state index >= 15 is 0 Å². The Morgan fingerprint density at radius 2 is 1.35 bits per heavy atom. The molecule has 0 spiro atoms. The van der Waals surface area contributed by atoms with E-state index in [9.17, 15) is 25.5 Å². The molecule has 0 aromatic heterocycles. The minimum Gasteiger partial charge on any atom is -0.508 e. The first-order chi connectivity index (χ1) is 16.4. The Morgan fingerprint density at radius 3 is 1.91 bits per heavy atom. The number of nitrogens with one attached hydrogen (secondary N) is 2. The Balaban J connectivity index is 1.38. The average molecular weight is 473 g/mol. The summed E-state index contributed by atoms with van der Waals surface area (Å²) < 4.78 is 0. The fourth-order valence-electron chi connectivity index (χ4n) is 4.87. The molecule has 0 heterocycles. The molecule has 188 valence electrons. The van der Waals surface area contributed by atoms with Gasteiger partial charge in [0.25, 0.3) is 0 Å². The third-order valence-electron chi connectivity index (χ3n) is 7.02. The van der Waals surface area contributed by atoms with Crippen LogP contribution in [-0.4, -0.2) is 51.7 Å². The average Bonchev–Trinajstić information content (AvgIpc) is 2.84. The third-order valence-corrected chi connectivity index (χ3v) is 7.02. The van der Waals surface area contributed by atoms with Gasteiger partial charge in [0.2, 0.25) is 0 Å². The summed E-state index contributed by atoms with van der Waals surface area (Å²) in [6.07, 6.45) is 3.35. The number of aromatic hydroxyl groups is 1. The van der Waals surface area contributed by atoms with E-state index in [0.29, 0.717) is 36.1 Å². The molecule has 0 saturated heterocycles. The zero-order valence-electron chi connectivity index (χ0n) is 20.1. The van der Waals surface area contributed by atoms with Gasteiger partial charge in [-0.25, -0.2) is 0 Å². The molecule has 1 aliphatic carbocycles. The van der Waals surface area contributed by atoms with Crippen molar-refractivity contribution in [1.29, 1.82) is 0 Å². The second-order valence-electron chi connectivity index (χ2n) is 9.64. The summed E-state index contributed by atoms with van der Waals surface area (Å²) in [6.45, 7) is 4.29. The standard InChI is InChI=1S/C27H40N2O5/c1-18-5-6-21(10-23(18)16-30)26(33)14-28-12-19-3-2-4-20(9-19)13-29-15-27(34)22-7-8-25(32)24(11-22)17-31/h5-8,10-11,19-20,26-34H,2-4,9,12-17H2,1H3. The van der Waals surface area contributed by atoms with Gasteiger partial charge in [0.1, 0.15) is 5.75 Å². The van der Waals surface area contributed by atoms with Crippen LogP contribution in [0.3, 0.4) is 0 Å². The molecule has 7 N–H and O–H groups in total. The predicted molar refractivity (Wildman–Crippen MR) is 132 cm³/mol. The molecule has 7 heteroatoms. The molecule has 1 fully saturated rings. The molecule has 1 saturated carbocycles. The highest BCUT2D eigenvalue weighted by atomic mass is 16.3. The first-order valence-electron chi connectivity index (χ1n) is 12.3. The van der Waals surface area contributed by atoms with E-state index in [1.165, 1.54) is 25.3 Å². The van der Waals surface area contributed by atoms with Gasteiger partial charge in [0.15, 0.2) is 0 Å². The molecule has 3 rings (SSSR count). The SMILES string of the molecule is Cc1ccc(C(O)CNCC2CCCC(CNCC(O)c3ccc(O)c(CO)c3)C2)cc1CO.